The molecule has 0 unspecified atom stereocenters. The maximum absolute atomic E-state index is 5.61. The van der Waals surface area contributed by atoms with Gasteiger partial charge in [-0.25, -0.2) is 4.98 Å². The summed E-state index contributed by atoms with van der Waals surface area (Å²) in [6.07, 6.45) is 1.53. The van der Waals surface area contributed by atoms with Crippen LogP contribution in [0.4, 0.5) is 10.8 Å². The lowest BCUT2D eigenvalue weighted by atomic mass is 10.2. The number of nitrogens with zero attached hydrogens (tertiary/aromatic N) is 2. The van der Waals surface area contributed by atoms with E-state index in [1.807, 2.05) is 24.3 Å². The fourth-order valence-electron chi connectivity index (χ4n) is 1.16. The highest BCUT2D eigenvalue weighted by Gasteiger charge is 2.01. The van der Waals surface area contributed by atoms with Gasteiger partial charge in [0.1, 0.15) is 6.33 Å². The van der Waals surface area contributed by atoms with E-state index in [4.69, 9.17) is 5.73 Å². The van der Waals surface area contributed by atoms with Gasteiger partial charge in [-0.3, -0.25) is 0 Å². The van der Waals surface area contributed by atoms with Crippen molar-refractivity contribution in [2.75, 3.05) is 5.32 Å². The van der Waals surface area contributed by atoms with Gasteiger partial charge in [0.25, 0.3) is 0 Å². The van der Waals surface area contributed by atoms with Crippen molar-refractivity contribution in [3.63, 3.8) is 0 Å². The first-order valence-electron chi connectivity index (χ1n) is 4.22. The summed E-state index contributed by atoms with van der Waals surface area (Å²) in [6, 6.07) is 7.89. The predicted molar refractivity (Wildman–Crippen MR) is 57.5 cm³/mol. The monoisotopic (exact) mass is 206 g/mol. The largest absolute Gasteiger partial charge is 0.330 e. The summed E-state index contributed by atoms with van der Waals surface area (Å²) < 4.78 is 3.91. The zero-order valence-electron chi connectivity index (χ0n) is 7.47. The number of para-hydroxylation sites is 1. The van der Waals surface area contributed by atoms with Crippen LogP contribution in [0.3, 0.4) is 0 Å². The number of nitrogens with one attached hydrogen (secondary N) is 1. The van der Waals surface area contributed by atoms with E-state index in [0.717, 1.165) is 16.4 Å². The third kappa shape index (κ3) is 1.89. The molecule has 2 rings (SSSR count). The van der Waals surface area contributed by atoms with Gasteiger partial charge in [-0.2, -0.15) is 4.37 Å². The molecule has 0 bridgehead atoms. The molecule has 14 heavy (non-hydrogen) atoms. The van der Waals surface area contributed by atoms with E-state index in [1.54, 1.807) is 0 Å². The zero-order valence-corrected chi connectivity index (χ0v) is 8.29. The SMILES string of the molecule is NCc1ccccc1Nc1ncns1. The molecule has 0 saturated carbocycles. The summed E-state index contributed by atoms with van der Waals surface area (Å²) in [5.74, 6) is 0. The number of rotatable bonds is 3. The van der Waals surface area contributed by atoms with Gasteiger partial charge in [-0.05, 0) is 11.6 Å². The quantitative estimate of drug-likeness (QED) is 0.803. The molecule has 0 aliphatic carbocycles. The van der Waals surface area contributed by atoms with Gasteiger partial charge in [0, 0.05) is 23.8 Å². The van der Waals surface area contributed by atoms with Gasteiger partial charge in [0.15, 0.2) is 0 Å². The standard InChI is InChI=1S/C9H10N4S/c10-5-7-3-1-2-4-8(7)13-9-11-6-12-14-9/h1-4,6H,5,10H2,(H,11,12,13). The predicted octanol–water partition coefficient (Wildman–Crippen LogP) is 1.74. The van der Waals surface area contributed by atoms with E-state index in [-0.39, 0.29) is 0 Å². The Morgan fingerprint density at radius 3 is 2.93 bits per heavy atom. The Kier molecular flexibility index (Phi) is 2.71. The normalized spacial score (nSPS) is 10.1. The molecule has 0 fully saturated rings. The number of hydrogen-bond acceptors (Lipinski definition) is 5. The van der Waals surface area contributed by atoms with Gasteiger partial charge in [-0.1, -0.05) is 18.2 Å². The Morgan fingerprint density at radius 1 is 1.36 bits per heavy atom. The van der Waals surface area contributed by atoms with E-state index < -0.39 is 0 Å². The molecule has 0 aliphatic rings. The molecule has 1 aromatic heterocycles. The maximum atomic E-state index is 5.61. The van der Waals surface area contributed by atoms with Gasteiger partial charge in [-0.15, -0.1) is 0 Å². The van der Waals surface area contributed by atoms with Crippen LogP contribution >= 0.6 is 11.5 Å². The molecule has 0 atom stereocenters. The van der Waals surface area contributed by atoms with Crippen molar-refractivity contribution in [3.05, 3.63) is 36.2 Å². The first-order chi connectivity index (χ1) is 6.90. The van der Waals surface area contributed by atoms with Crippen LogP contribution in [-0.4, -0.2) is 9.36 Å². The molecule has 0 amide bonds. The molecule has 72 valence electrons. The van der Waals surface area contributed by atoms with Crippen LogP contribution in [0.25, 0.3) is 0 Å². The van der Waals surface area contributed by atoms with Gasteiger partial charge >= 0.3 is 0 Å². The van der Waals surface area contributed by atoms with Crippen LogP contribution in [0.5, 0.6) is 0 Å². The highest BCUT2D eigenvalue weighted by molar-refractivity contribution is 7.09. The highest BCUT2D eigenvalue weighted by Crippen LogP contribution is 2.20. The molecule has 3 N–H and O–H groups in total. The molecule has 0 aliphatic heterocycles. The Bertz CT molecular complexity index is 399. The van der Waals surface area contributed by atoms with E-state index >= 15 is 0 Å². The van der Waals surface area contributed by atoms with Crippen molar-refractivity contribution < 1.29 is 0 Å². The van der Waals surface area contributed by atoms with Crippen molar-refractivity contribution >= 4 is 22.4 Å². The van der Waals surface area contributed by atoms with E-state index in [9.17, 15) is 0 Å². The van der Waals surface area contributed by atoms with Gasteiger partial charge < -0.3 is 11.1 Å². The van der Waals surface area contributed by atoms with Crippen LogP contribution in [-0.2, 0) is 6.54 Å². The van der Waals surface area contributed by atoms with E-state index in [0.29, 0.717) is 6.54 Å². The first-order valence-corrected chi connectivity index (χ1v) is 4.99. The lowest BCUT2D eigenvalue weighted by Crippen LogP contribution is -2.01. The Hall–Kier alpha value is -1.46. The van der Waals surface area contributed by atoms with Crippen LogP contribution in [0.1, 0.15) is 5.56 Å². The second kappa shape index (κ2) is 4.17. The Morgan fingerprint density at radius 2 is 2.21 bits per heavy atom. The van der Waals surface area contributed by atoms with Crippen LogP contribution in [0, 0.1) is 0 Å². The molecule has 1 aromatic carbocycles. The third-order valence-electron chi connectivity index (χ3n) is 1.84. The number of nitrogens with two attached hydrogens (primary N) is 1. The minimum absolute atomic E-state index is 0.516. The summed E-state index contributed by atoms with van der Waals surface area (Å²) in [6.45, 7) is 0.516. The summed E-state index contributed by atoms with van der Waals surface area (Å²) in [4.78, 5) is 4.04. The lowest BCUT2D eigenvalue weighted by Gasteiger charge is -2.06. The van der Waals surface area contributed by atoms with Crippen LogP contribution in [0.15, 0.2) is 30.6 Å². The smallest absolute Gasteiger partial charge is 0.206 e. The minimum Gasteiger partial charge on any atom is -0.330 e. The molecule has 0 saturated heterocycles. The second-order valence-corrected chi connectivity index (χ2v) is 3.51. The minimum atomic E-state index is 0.516. The van der Waals surface area contributed by atoms with Gasteiger partial charge in [0.05, 0.1) is 0 Å². The second-order valence-electron chi connectivity index (χ2n) is 2.73. The highest BCUT2D eigenvalue weighted by atomic mass is 32.1. The molecule has 1 heterocycles. The summed E-state index contributed by atoms with van der Waals surface area (Å²) in [7, 11) is 0. The van der Waals surface area contributed by atoms with Crippen molar-refractivity contribution in [1.82, 2.24) is 9.36 Å². The number of benzene rings is 1. The Balaban J connectivity index is 2.24. The van der Waals surface area contributed by atoms with E-state index in [2.05, 4.69) is 14.7 Å². The van der Waals surface area contributed by atoms with E-state index in [1.165, 1.54) is 17.9 Å². The number of hydrogen-bond donors (Lipinski definition) is 2. The topological polar surface area (TPSA) is 63.8 Å². The number of aromatic nitrogens is 2. The molecule has 5 heteroatoms. The molecule has 0 radical (unpaired) electrons. The molecule has 4 nitrogen and oxygen atoms in total. The van der Waals surface area contributed by atoms with Crippen LogP contribution < -0.4 is 11.1 Å². The first kappa shape index (κ1) is 9.11. The third-order valence-corrected chi connectivity index (χ3v) is 2.42. The van der Waals surface area contributed by atoms with Crippen molar-refractivity contribution in [2.45, 2.75) is 6.54 Å². The molecular weight excluding hydrogens is 196 g/mol. The van der Waals surface area contributed by atoms with Crippen molar-refractivity contribution in [1.29, 1.82) is 0 Å². The summed E-state index contributed by atoms with van der Waals surface area (Å²) >= 11 is 1.32. The van der Waals surface area contributed by atoms with Crippen molar-refractivity contribution in [2.24, 2.45) is 5.73 Å². The van der Waals surface area contributed by atoms with Crippen molar-refractivity contribution in [3.8, 4) is 0 Å². The maximum Gasteiger partial charge on any atom is 0.206 e. The summed E-state index contributed by atoms with van der Waals surface area (Å²) in [5, 5.41) is 3.95. The molecule has 2 aromatic rings. The fourth-order valence-corrected chi connectivity index (χ4v) is 1.61. The summed E-state index contributed by atoms with van der Waals surface area (Å²) in [5.41, 5.74) is 7.67. The molecule has 0 spiro atoms. The average Bonchev–Trinajstić information content (AvgIpc) is 2.71. The number of anilines is 2. The molecular formula is C9H10N4S. The average molecular weight is 206 g/mol. The van der Waals surface area contributed by atoms with Crippen LogP contribution in [0.2, 0.25) is 0 Å². The fraction of sp³-hybridized carbons (Fsp3) is 0.111. The van der Waals surface area contributed by atoms with Gasteiger partial charge in [0.2, 0.25) is 5.13 Å². The zero-order chi connectivity index (χ0) is 9.80. The lowest BCUT2D eigenvalue weighted by molar-refractivity contribution is 1.07. The Labute approximate surface area is 86.0 Å².